The Bertz CT molecular complexity index is 87.5. The number of esters is 2. The smallest absolute Gasteiger partial charge is 0.310 e. The molecular formula is C4H8O3. The second kappa shape index (κ2) is 2.34. The number of ether oxygens (including phenoxy) is 1. The first-order valence-corrected chi connectivity index (χ1v) is 1.82. The fourth-order valence-corrected chi connectivity index (χ4v) is 0.202. The molecule has 0 aliphatic rings. The van der Waals surface area contributed by atoms with Crippen LogP contribution in [0.2, 0.25) is 0 Å². The maximum absolute atomic E-state index is 9.81. The van der Waals surface area contributed by atoms with Gasteiger partial charge in [-0.1, -0.05) is 0 Å². The van der Waals surface area contributed by atoms with Crippen molar-refractivity contribution in [3.63, 3.8) is 0 Å². The average molecular weight is 104 g/mol. The summed E-state index contributed by atoms with van der Waals surface area (Å²) in [7, 11) is 0. The van der Waals surface area contributed by atoms with Gasteiger partial charge in [0.1, 0.15) is 0 Å². The third-order valence-corrected chi connectivity index (χ3v) is 0.287. The van der Waals surface area contributed by atoms with Crippen molar-refractivity contribution in [2.24, 2.45) is 0 Å². The van der Waals surface area contributed by atoms with Crippen molar-refractivity contribution < 1.29 is 15.8 Å². The molecule has 0 aliphatic heterocycles. The Morgan fingerprint density at radius 1 is 1.29 bits per heavy atom. The van der Waals surface area contributed by atoms with Gasteiger partial charge in [0.05, 0.1) is 0 Å². The number of hydrogen-bond acceptors (Lipinski definition) is 3. The standard InChI is InChI=1S/C4H6O3.H2/c1-3(5)7-4(2)6;/h1-2H3;1H. The number of carbonyl (C=O) groups excluding carboxylic acids is 2. The fourth-order valence-electron chi connectivity index (χ4n) is 0.202. The van der Waals surface area contributed by atoms with Crippen molar-refractivity contribution in [2.45, 2.75) is 13.8 Å². The molecule has 0 saturated carbocycles. The first-order chi connectivity index (χ1) is 3.13. The fraction of sp³-hybridized carbons (Fsp3) is 0.500. The minimum atomic E-state index is -0.562. The highest BCUT2D eigenvalue weighted by Crippen LogP contribution is 1.73. The van der Waals surface area contributed by atoms with Crippen molar-refractivity contribution in [3.8, 4) is 0 Å². The molecule has 0 spiro atoms. The molecular weight excluding hydrogens is 96.0 g/mol. The van der Waals surface area contributed by atoms with E-state index in [0.717, 1.165) is 0 Å². The highest BCUT2D eigenvalue weighted by Gasteiger charge is 1.93. The van der Waals surface area contributed by atoms with Crippen LogP contribution in [0.1, 0.15) is 15.3 Å². The summed E-state index contributed by atoms with van der Waals surface area (Å²) >= 11 is 0. The van der Waals surface area contributed by atoms with E-state index in [2.05, 4.69) is 4.74 Å². The van der Waals surface area contributed by atoms with Crippen LogP contribution in [-0.4, -0.2) is 11.9 Å². The highest BCUT2D eigenvalue weighted by atomic mass is 16.6. The van der Waals surface area contributed by atoms with E-state index in [1.54, 1.807) is 0 Å². The topological polar surface area (TPSA) is 43.4 Å². The van der Waals surface area contributed by atoms with Crippen molar-refractivity contribution in [3.05, 3.63) is 0 Å². The van der Waals surface area contributed by atoms with Gasteiger partial charge in [0.15, 0.2) is 0 Å². The lowest BCUT2D eigenvalue weighted by Crippen LogP contribution is -2.03. The minimum Gasteiger partial charge on any atom is -0.394 e. The first kappa shape index (κ1) is 6.14. The van der Waals surface area contributed by atoms with Gasteiger partial charge in [-0.05, 0) is 0 Å². The van der Waals surface area contributed by atoms with E-state index >= 15 is 0 Å². The van der Waals surface area contributed by atoms with E-state index in [1.807, 2.05) is 0 Å². The molecule has 0 aromatic rings. The number of carbonyl (C=O) groups is 2. The zero-order valence-electron chi connectivity index (χ0n) is 4.22. The van der Waals surface area contributed by atoms with E-state index in [4.69, 9.17) is 0 Å². The largest absolute Gasteiger partial charge is 0.394 e. The molecule has 0 saturated heterocycles. The van der Waals surface area contributed by atoms with Gasteiger partial charge in [0, 0.05) is 15.3 Å². The number of rotatable bonds is 0. The normalized spacial score (nSPS) is 7.71. The van der Waals surface area contributed by atoms with E-state index < -0.39 is 11.9 Å². The van der Waals surface area contributed by atoms with Crippen LogP contribution in [0.25, 0.3) is 0 Å². The van der Waals surface area contributed by atoms with E-state index in [-0.39, 0.29) is 1.43 Å². The van der Waals surface area contributed by atoms with Crippen LogP contribution >= 0.6 is 0 Å². The van der Waals surface area contributed by atoms with E-state index in [9.17, 15) is 9.59 Å². The second-order valence-electron chi connectivity index (χ2n) is 1.09. The summed E-state index contributed by atoms with van der Waals surface area (Å²) in [6, 6.07) is 0. The van der Waals surface area contributed by atoms with Crippen LogP contribution in [0, 0.1) is 0 Å². The number of hydrogen-bond donors (Lipinski definition) is 0. The quantitative estimate of drug-likeness (QED) is 0.329. The Labute approximate surface area is 42.8 Å². The van der Waals surface area contributed by atoms with Gasteiger partial charge in [0.25, 0.3) is 0 Å². The third kappa shape index (κ3) is 5.14. The van der Waals surface area contributed by atoms with Crippen LogP contribution < -0.4 is 0 Å². The van der Waals surface area contributed by atoms with Crippen LogP contribution in [0.15, 0.2) is 0 Å². The van der Waals surface area contributed by atoms with E-state index in [1.165, 1.54) is 13.8 Å². The Kier molecular flexibility index (Phi) is 2.05. The van der Waals surface area contributed by atoms with Crippen molar-refractivity contribution in [1.82, 2.24) is 0 Å². The highest BCUT2D eigenvalue weighted by molar-refractivity contribution is 5.82. The molecule has 0 unspecified atom stereocenters. The second-order valence-corrected chi connectivity index (χ2v) is 1.09. The summed E-state index contributed by atoms with van der Waals surface area (Å²) in [5, 5.41) is 0. The molecule has 0 heterocycles. The maximum Gasteiger partial charge on any atom is 0.310 e. The van der Waals surface area contributed by atoms with Crippen molar-refractivity contribution in [2.75, 3.05) is 0 Å². The van der Waals surface area contributed by atoms with Gasteiger partial charge in [-0.2, -0.15) is 0 Å². The molecule has 0 amide bonds. The molecule has 0 aliphatic carbocycles. The lowest BCUT2D eigenvalue weighted by Gasteiger charge is -1.87. The Balaban J connectivity index is 0. The lowest BCUT2D eigenvalue weighted by atomic mass is 10.7. The monoisotopic (exact) mass is 104 g/mol. The van der Waals surface area contributed by atoms with Gasteiger partial charge in [0.2, 0.25) is 0 Å². The molecule has 0 rings (SSSR count). The SMILES string of the molecule is CC(=O)OC(C)=O.[HH]. The summed E-state index contributed by atoms with van der Waals surface area (Å²) in [6.45, 7) is 2.36. The summed E-state index contributed by atoms with van der Waals surface area (Å²) in [6.07, 6.45) is 0. The Morgan fingerprint density at radius 3 is 1.57 bits per heavy atom. The Morgan fingerprint density at radius 2 is 1.57 bits per heavy atom. The molecule has 0 radical (unpaired) electrons. The minimum absolute atomic E-state index is 0. The molecule has 42 valence electrons. The third-order valence-electron chi connectivity index (χ3n) is 0.287. The van der Waals surface area contributed by atoms with Gasteiger partial charge in [-0.25, -0.2) is 0 Å². The molecule has 0 atom stereocenters. The van der Waals surface area contributed by atoms with Crippen LogP contribution in [0.4, 0.5) is 0 Å². The van der Waals surface area contributed by atoms with Gasteiger partial charge < -0.3 is 4.74 Å². The lowest BCUT2D eigenvalue weighted by molar-refractivity contribution is -0.156. The average Bonchev–Trinajstić information content (AvgIpc) is 1.27. The maximum atomic E-state index is 9.81. The van der Waals surface area contributed by atoms with Crippen LogP contribution in [0.3, 0.4) is 0 Å². The van der Waals surface area contributed by atoms with Crippen LogP contribution in [-0.2, 0) is 14.3 Å². The van der Waals surface area contributed by atoms with Gasteiger partial charge in [-0.15, -0.1) is 0 Å². The molecule has 0 fully saturated rings. The predicted octanol–water partition coefficient (Wildman–Crippen LogP) is 0.342. The first-order valence-electron chi connectivity index (χ1n) is 1.82. The van der Waals surface area contributed by atoms with Gasteiger partial charge >= 0.3 is 11.9 Å². The van der Waals surface area contributed by atoms with Crippen LogP contribution in [0.5, 0.6) is 0 Å². The molecule has 0 aromatic carbocycles. The van der Waals surface area contributed by atoms with Crippen molar-refractivity contribution in [1.29, 1.82) is 0 Å². The Hall–Kier alpha value is -0.860. The van der Waals surface area contributed by atoms with E-state index in [0.29, 0.717) is 0 Å². The molecule has 3 heteroatoms. The molecule has 0 bridgehead atoms. The molecule has 0 N–H and O–H groups in total. The molecule has 3 nitrogen and oxygen atoms in total. The summed E-state index contributed by atoms with van der Waals surface area (Å²) < 4.78 is 3.97. The molecule has 7 heavy (non-hydrogen) atoms. The zero-order chi connectivity index (χ0) is 5.86. The zero-order valence-corrected chi connectivity index (χ0v) is 4.22. The summed E-state index contributed by atoms with van der Waals surface area (Å²) in [5.74, 6) is -1.12. The summed E-state index contributed by atoms with van der Waals surface area (Å²) in [5.41, 5.74) is 0. The van der Waals surface area contributed by atoms with Crippen molar-refractivity contribution >= 4 is 11.9 Å². The summed E-state index contributed by atoms with van der Waals surface area (Å²) in [4.78, 5) is 19.6. The predicted molar refractivity (Wildman–Crippen MR) is 24.6 cm³/mol. The van der Waals surface area contributed by atoms with Gasteiger partial charge in [-0.3, -0.25) is 9.59 Å². The molecule has 0 aromatic heterocycles.